The van der Waals surface area contributed by atoms with Crippen LogP contribution in [0.3, 0.4) is 0 Å². The van der Waals surface area contributed by atoms with Gasteiger partial charge in [0.05, 0.1) is 24.6 Å². The van der Waals surface area contributed by atoms with Crippen molar-refractivity contribution in [1.29, 1.82) is 0 Å². The number of carbonyl (C=O) groups is 1. The van der Waals surface area contributed by atoms with Crippen LogP contribution in [0.4, 0.5) is 0 Å². The lowest BCUT2D eigenvalue weighted by molar-refractivity contribution is -0.143. The summed E-state index contributed by atoms with van der Waals surface area (Å²) in [5.41, 5.74) is 0.830. The molecule has 0 radical (unpaired) electrons. The van der Waals surface area contributed by atoms with Gasteiger partial charge in [-0.05, 0) is 31.4 Å². The third-order valence-electron chi connectivity index (χ3n) is 3.99. The highest BCUT2D eigenvalue weighted by atomic mass is 16.5. The van der Waals surface area contributed by atoms with E-state index in [2.05, 4.69) is 4.99 Å². The normalized spacial score (nSPS) is 28.2. The molecule has 1 heterocycles. The zero-order chi connectivity index (χ0) is 14.1. The molecule has 20 heavy (non-hydrogen) atoms. The zero-order valence-electron chi connectivity index (χ0n) is 11.3. The number of rotatable bonds is 3. The number of aliphatic imine (C=N–C) groups is 1. The zero-order valence-corrected chi connectivity index (χ0v) is 11.3. The lowest BCUT2D eigenvalue weighted by Crippen LogP contribution is -2.33. The molecule has 0 bridgehead atoms. The van der Waals surface area contributed by atoms with Gasteiger partial charge in [-0.25, -0.2) is 4.99 Å². The number of ether oxygens (including phenoxy) is 2. The second-order valence-electron chi connectivity index (χ2n) is 5.21. The first-order valence-corrected chi connectivity index (χ1v) is 6.79. The molecule has 106 valence electrons. The molecule has 1 aliphatic carbocycles. The van der Waals surface area contributed by atoms with Gasteiger partial charge >= 0.3 is 5.97 Å². The number of aliphatic carboxylic acids is 1. The summed E-state index contributed by atoms with van der Waals surface area (Å²) >= 11 is 0. The highest BCUT2D eigenvalue weighted by Crippen LogP contribution is 2.35. The Bertz CT molecular complexity index is 555. The quantitative estimate of drug-likeness (QED) is 0.917. The molecule has 3 atom stereocenters. The fourth-order valence-corrected chi connectivity index (χ4v) is 2.90. The van der Waals surface area contributed by atoms with E-state index in [1.165, 1.54) is 0 Å². The Balaban J connectivity index is 1.83. The van der Waals surface area contributed by atoms with Crippen LogP contribution < -0.4 is 4.74 Å². The predicted octanol–water partition coefficient (Wildman–Crippen LogP) is 2.09. The molecule has 0 saturated heterocycles. The Labute approximate surface area is 117 Å². The van der Waals surface area contributed by atoms with Gasteiger partial charge in [0, 0.05) is 0 Å². The van der Waals surface area contributed by atoms with E-state index in [-0.39, 0.29) is 18.1 Å². The van der Waals surface area contributed by atoms with Crippen LogP contribution in [0.1, 0.15) is 24.8 Å². The van der Waals surface area contributed by atoms with Crippen molar-refractivity contribution in [3.05, 3.63) is 29.8 Å². The van der Waals surface area contributed by atoms with Gasteiger partial charge < -0.3 is 14.6 Å². The molecule has 1 N–H and O–H groups in total. The van der Waals surface area contributed by atoms with Gasteiger partial charge in [0.1, 0.15) is 11.9 Å². The van der Waals surface area contributed by atoms with E-state index >= 15 is 0 Å². The smallest absolute Gasteiger partial charge is 0.306 e. The molecule has 5 heteroatoms. The van der Waals surface area contributed by atoms with Crippen molar-refractivity contribution in [2.24, 2.45) is 10.9 Å². The summed E-state index contributed by atoms with van der Waals surface area (Å²) in [7, 11) is 1.61. The Morgan fingerprint density at radius 2 is 2.20 bits per heavy atom. The van der Waals surface area contributed by atoms with Crippen molar-refractivity contribution in [2.45, 2.75) is 31.4 Å². The molecular formula is C15H17NO4. The number of nitrogens with zero attached hydrogens (tertiary/aromatic N) is 1. The number of para-hydroxylation sites is 1. The maximum absolute atomic E-state index is 11.1. The minimum atomic E-state index is -0.732. The number of methoxy groups -OCH3 is 1. The molecule has 1 saturated carbocycles. The van der Waals surface area contributed by atoms with Gasteiger partial charge in [-0.15, -0.1) is 0 Å². The van der Waals surface area contributed by atoms with E-state index < -0.39 is 5.97 Å². The second-order valence-corrected chi connectivity index (χ2v) is 5.21. The maximum Gasteiger partial charge on any atom is 0.306 e. The molecule has 1 aliphatic heterocycles. The lowest BCUT2D eigenvalue weighted by atomic mass is 9.84. The largest absolute Gasteiger partial charge is 0.496 e. The van der Waals surface area contributed by atoms with Crippen molar-refractivity contribution >= 4 is 11.9 Å². The van der Waals surface area contributed by atoms with Gasteiger partial charge in [0.2, 0.25) is 5.90 Å². The highest BCUT2D eigenvalue weighted by molar-refractivity contribution is 5.98. The van der Waals surface area contributed by atoms with Crippen LogP contribution in [-0.2, 0) is 9.53 Å². The van der Waals surface area contributed by atoms with Crippen LogP contribution in [0.2, 0.25) is 0 Å². The van der Waals surface area contributed by atoms with E-state index in [9.17, 15) is 4.79 Å². The van der Waals surface area contributed by atoms with E-state index in [4.69, 9.17) is 14.6 Å². The lowest BCUT2D eigenvalue weighted by Gasteiger charge is -2.26. The molecule has 0 spiro atoms. The summed E-state index contributed by atoms with van der Waals surface area (Å²) in [6.45, 7) is 0. The van der Waals surface area contributed by atoms with Crippen LogP contribution in [0.25, 0.3) is 0 Å². The number of hydrogen-bond acceptors (Lipinski definition) is 4. The summed E-state index contributed by atoms with van der Waals surface area (Å²) < 4.78 is 11.2. The van der Waals surface area contributed by atoms with Gasteiger partial charge in [0.15, 0.2) is 0 Å². The molecule has 0 amide bonds. The summed E-state index contributed by atoms with van der Waals surface area (Å²) in [6.07, 6.45) is 1.96. The Hall–Kier alpha value is -2.04. The topological polar surface area (TPSA) is 68.1 Å². The van der Waals surface area contributed by atoms with Gasteiger partial charge in [-0.2, -0.15) is 0 Å². The van der Waals surface area contributed by atoms with Crippen LogP contribution >= 0.6 is 0 Å². The molecule has 1 aromatic carbocycles. The van der Waals surface area contributed by atoms with Gasteiger partial charge in [-0.1, -0.05) is 12.1 Å². The number of fused-ring (bicyclic) bond motifs is 1. The van der Waals surface area contributed by atoms with Crippen molar-refractivity contribution in [2.75, 3.05) is 7.11 Å². The van der Waals surface area contributed by atoms with Crippen molar-refractivity contribution < 1.29 is 19.4 Å². The summed E-state index contributed by atoms with van der Waals surface area (Å²) in [5, 5.41) is 9.11. The van der Waals surface area contributed by atoms with E-state index in [0.29, 0.717) is 18.7 Å². The number of hydrogen-bond donors (Lipinski definition) is 1. The van der Waals surface area contributed by atoms with Gasteiger partial charge in [-0.3, -0.25) is 4.79 Å². The van der Waals surface area contributed by atoms with Crippen molar-refractivity contribution in [3.63, 3.8) is 0 Å². The SMILES string of the molecule is COc1ccccc1C1=NC2CC(C(=O)O)CCC2O1. The van der Waals surface area contributed by atoms with E-state index in [0.717, 1.165) is 17.7 Å². The summed E-state index contributed by atoms with van der Waals surface area (Å²) in [6, 6.07) is 7.52. The third kappa shape index (κ3) is 2.24. The molecule has 3 unspecified atom stereocenters. The predicted molar refractivity (Wildman–Crippen MR) is 73.2 cm³/mol. The summed E-state index contributed by atoms with van der Waals surface area (Å²) in [5.74, 6) is 0.258. The Morgan fingerprint density at radius 1 is 1.40 bits per heavy atom. The van der Waals surface area contributed by atoms with E-state index in [1.807, 2.05) is 24.3 Å². The second kappa shape index (κ2) is 5.15. The maximum atomic E-state index is 11.1. The highest BCUT2D eigenvalue weighted by Gasteiger charge is 2.40. The molecule has 1 aromatic rings. The Kier molecular flexibility index (Phi) is 3.34. The van der Waals surface area contributed by atoms with Crippen LogP contribution in [-0.4, -0.2) is 36.2 Å². The molecule has 1 fully saturated rings. The fraction of sp³-hybridized carbons (Fsp3) is 0.467. The van der Waals surface area contributed by atoms with Crippen LogP contribution in [0.5, 0.6) is 5.75 Å². The average Bonchev–Trinajstić information content (AvgIpc) is 2.89. The fourth-order valence-electron chi connectivity index (χ4n) is 2.90. The first-order valence-electron chi connectivity index (χ1n) is 6.79. The molecule has 0 aromatic heterocycles. The Morgan fingerprint density at radius 3 is 2.95 bits per heavy atom. The average molecular weight is 275 g/mol. The van der Waals surface area contributed by atoms with Crippen molar-refractivity contribution in [3.8, 4) is 5.75 Å². The third-order valence-corrected chi connectivity index (χ3v) is 3.99. The number of benzene rings is 1. The monoisotopic (exact) mass is 275 g/mol. The summed E-state index contributed by atoms with van der Waals surface area (Å²) in [4.78, 5) is 15.7. The van der Waals surface area contributed by atoms with Crippen LogP contribution in [0, 0.1) is 5.92 Å². The first kappa shape index (κ1) is 13.0. The molecular weight excluding hydrogens is 258 g/mol. The number of carboxylic acids is 1. The molecule has 3 rings (SSSR count). The van der Waals surface area contributed by atoms with E-state index in [1.54, 1.807) is 7.11 Å². The minimum Gasteiger partial charge on any atom is -0.496 e. The minimum absolute atomic E-state index is 0.00510. The van der Waals surface area contributed by atoms with Gasteiger partial charge in [0.25, 0.3) is 0 Å². The first-order chi connectivity index (χ1) is 9.69. The molecule has 5 nitrogen and oxygen atoms in total. The van der Waals surface area contributed by atoms with Crippen LogP contribution in [0.15, 0.2) is 29.3 Å². The van der Waals surface area contributed by atoms with Crippen molar-refractivity contribution in [1.82, 2.24) is 0 Å². The number of carboxylic acid groups (broad SMARTS) is 1. The molecule has 2 aliphatic rings. The standard InChI is InChI=1S/C15H17NO4/c1-19-12-5-3-2-4-10(12)14-16-11-8-9(15(17)18)6-7-13(11)20-14/h2-5,9,11,13H,6-8H2,1H3,(H,17,18).